The Morgan fingerprint density at radius 3 is 2.81 bits per heavy atom. The van der Waals surface area contributed by atoms with Crippen molar-refractivity contribution in [2.75, 3.05) is 5.75 Å². The summed E-state index contributed by atoms with van der Waals surface area (Å²) in [5, 5.41) is 15.2. The van der Waals surface area contributed by atoms with E-state index in [2.05, 4.69) is 15.4 Å². The Hall–Kier alpha value is -1.61. The Balaban J connectivity index is 1.99. The lowest BCUT2D eigenvalue weighted by Gasteiger charge is -2.26. The molecule has 8 nitrogen and oxygen atoms in total. The van der Waals surface area contributed by atoms with Gasteiger partial charge in [-0.1, -0.05) is 11.8 Å². The van der Waals surface area contributed by atoms with Crippen molar-refractivity contribution in [1.82, 2.24) is 20.1 Å². The number of hydrogen-bond donors (Lipinski definition) is 3. The summed E-state index contributed by atoms with van der Waals surface area (Å²) in [5.41, 5.74) is -2.60. The van der Waals surface area contributed by atoms with E-state index in [9.17, 15) is 19.5 Å². The Morgan fingerprint density at radius 1 is 1.57 bits per heavy atom. The summed E-state index contributed by atoms with van der Waals surface area (Å²) in [6, 6.07) is 0.284. The van der Waals surface area contributed by atoms with Crippen LogP contribution in [0.5, 0.6) is 0 Å². The first kappa shape index (κ1) is 15.8. The van der Waals surface area contributed by atoms with Crippen LogP contribution in [0.2, 0.25) is 0 Å². The van der Waals surface area contributed by atoms with Gasteiger partial charge < -0.3 is 5.11 Å². The van der Waals surface area contributed by atoms with Gasteiger partial charge in [0.1, 0.15) is 5.54 Å². The molecule has 0 aromatic carbocycles. The highest BCUT2D eigenvalue weighted by atomic mass is 32.2. The van der Waals surface area contributed by atoms with Gasteiger partial charge in [0.15, 0.2) is 5.16 Å². The molecule has 0 saturated heterocycles. The minimum absolute atomic E-state index is 0.284. The number of aliphatic carboxylic acids is 1. The average Bonchev–Trinajstić information content (AvgIpc) is 3.19. The van der Waals surface area contributed by atoms with Gasteiger partial charge in [-0.2, -0.15) is 4.98 Å². The van der Waals surface area contributed by atoms with Crippen LogP contribution in [0.25, 0.3) is 0 Å². The largest absolute Gasteiger partial charge is 0.480 e. The van der Waals surface area contributed by atoms with Crippen molar-refractivity contribution in [1.29, 1.82) is 0 Å². The van der Waals surface area contributed by atoms with Crippen LogP contribution < -0.4 is 16.4 Å². The maximum absolute atomic E-state index is 11.4. The highest BCUT2D eigenvalue weighted by molar-refractivity contribution is 7.99. The predicted octanol–water partition coefficient (Wildman–Crippen LogP) is -0.454. The van der Waals surface area contributed by atoms with Crippen molar-refractivity contribution in [3.05, 3.63) is 20.7 Å². The first-order chi connectivity index (χ1) is 9.82. The molecule has 1 atom stereocenters. The van der Waals surface area contributed by atoms with Crippen LogP contribution >= 0.6 is 11.8 Å². The van der Waals surface area contributed by atoms with Crippen molar-refractivity contribution in [2.24, 2.45) is 7.05 Å². The number of nitrogens with zero attached hydrogens (tertiary/aromatic N) is 2. The normalized spacial score (nSPS) is 17.4. The second-order valence-corrected chi connectivity index (χ2v) is 6.42. The number of carboxylic acids is 1. The predicted molar refractivity (Wildman–Crippen MR) is 77.6 cm³/mol. The first-order valence-corrected chi connectivity index (χ1v) is 7.61. The van der Waals surface area contributed by atoms with E-state index in [-0.39, 0.29) is 6.04 Å². The molecule has 21 heavy (non-hydrogen) atoms. The number of carboxylic acid groups (broad SMARTS) is 1. The molecular formula is C12H18N4O4S. The summed E-state index contributed by atoms with van der Waals surface area (Å²) in [6.07, 6.45) is 2.40. The Kier molecular flexibility index (Phi) is 4.52. The van der Waals surface area contributed by atoms with Crippen LogP contribution in [-0.2, 0) is 11.8 Å². The zero-order chi connectivity index (χ0) is 15.6. The highest BCUT2D eigenvalue weighted by Gasteiger charge is 2.38. The lowest BCUT2D eigenvalue weighted by molar-refractivity contribution is -0.144. The van der Waals surface area contributed by atoms with Crippen molar-refractivity contribution >= 4 is 17.7 Å². The molecule has 1 aliphatic carbocycles. The number of aryl methyl sites for hydroxylation is 1. The minimum Gasteiger partial charge on any atom is -0.480 e. The molecule has 1 aliphatic rings. The number of rotatable bonds is 7. The van der Waals surface area contributed by atoms with E-state index in [0.29, 0.717) is 17.3 Å². The average molecular weight is 314 g/mol. The maximum atomic E-state index is 11.4. The lowest BCUT2D eigenvalue weighted by atomic mass is 9.99. The number of hydrogen-bond acceptors (Lipinski definition) is 6. The molecule has 1 heterocycles. The minimum atomic E-state index is -0.991. The quantitative estimate of drug-likeness (QED) is 0.461. The Bertz CT molecular complexity index is 651. The summed E-state index contributed by atoms with van der Waals surface area (Å²) in [4.78, 5) is 37.4. The third-order valence-electron chi connectivity index (χ3n) is 3.35. The molecule has 0 aliphatic heterocycles. The fourth-order valence-electron chi connectivity index (χ4n) is 1.86. The van der Waals surface area contributed by atoms with Gasteiger partial charge in [0.05, 0.1) is 0 Å². The van der Waals surface area contributed by atoms with Gasteiger partial charge in [0.2, 0.25) is 0 Å². The van der Waals surface area contributed by atoms with Crippen molar-refractivity contribution in [3.8, 4) is 0 Å². The molecule has 116 valence electrons. The van der Waals surface area contributed by atoms with Gasteiger partial charge in [-0.25, -0.2) is 0 Å². The van der Waals surface area contributed by atoms with Crippen LogP contribution in [-0.4, -0.2) is 43.2 Å². The van der Waals surface area contributed by atoms with Gasteiger partial charge in [0, 0.05) is 18.8 Å². The highest BCUT2D eigenvalue weighted by Crippen LogP contribution is 2.26. The SMILES string of the molecule is Cn1[nH]c(=O)c(=O)nc1SCCC(C)(NC1CC1)C(=O)O. The second kappa shape index (κ2) is 6.02. The van der Waals surface area contributed by atoms with Gasteiger partial charge in [-0.3, -0.25) is 29.5 Å². The lowest BCUT2D eigenvalue weighted by Crippen LogP contribution is -2.51. The molecule has 0 spiro atoms. The van der Waals surface area contributed by atoms with Gasteiger partial charge in [0.25, 0.3) is 0 Å². The Labute approximate surface area is 124 Å². The molecule has 1 fully saturated rings. The van der Waals surface area contributed by atoms with Crippen LogP contribution in [0, 0.1) is 0 Å². The second-order valence-electron chi connectivity index (χ2n) is 5.35. The summed E-state index contributed by atoms with van der Waals surface area (Å²) >= 11 is 1.24. The van der Waals surface area contributed by atoms with E-state index in [1.807, 2.05) is 0 Å². The summed E-state index contributed by atoms with van der Waals surface area (Å²) in [5.74, 6) is -0.423. The molecule has 1 unspecified atom stereocenters. The number of aromatic nitrogens is 3. The van der Waals surface area contributed by atoms with E-state index in [1.54, 1.807) is 14.0 Å². The molecule has 0 amide bonds. The topological polar surface area (TPSA) is 117 Å². The third kappa shape index (κ3) is 3.94. The molecule has 1 aromatic heterocycles. The maximum Gasteiger partial charge on any atom is 0.339 e. The van der Waals surface area contributed by atoms with Gasteiger partial charge >= 0.3 is 17.1 Å². The number of thioether (sulfide) groups is 1. The number of nitrogens with one attached hydrogen (secondary N) is 2. The van der Waals surface area contributed by atoms with E-state index in [4.69, 9.17) is 0 Å². The van der Waals surface area contributed by atoms with Gasteiger partial charge in [-0.15, -0.1) is 0 Å². The molecule has 0 radical (unpaired) electrons. The first-order valence-electron chi connectivity index (χ1n) is 6.63. The third-order valence-corrected chi connectivity index (χ3v) is 4.38. The fourth-order valence-corrected chi connectivity index (χ4v) is 2.93. The fraction of sp³-hybridized carbons (Fsp3) is 0.667. The van der Waals surface area contributed by atoms with Crippen molar-refractivity contribution in [2.45, 2.75) is 42.9 Å². The van der Waals surface area contributed by atoms with E-state index >= 15 is 0 Å². The van der Waals surface area contributed by atoms with Crippen LogP contribution in [0.4, 0.5) is 0 Å². The number of carbonyl (C=O) groups is 1. The summed E-state index contributed by atoms with van der Waals surface area (Å²) < 4.78 is 1.36. The standard InChI is InChI=1S/C12H18N4O4S/c1-12(10(19)20,14-7-3-4-7)5-6-21-11-13-8(17)9(18)15-16(11)2/h7,14H,3-6H2,1-2H3,(H,15,18)(H,19,20). The molecule has 2 rings (SSSR count). The van der Waals surface area contributed by atoms with Crippen molar-refractivity contribution < 1.29 is 9.90 Å². The molecule has 0 bridgehead atoms. The molecule has 1 aromatic rings. The van der Waals surface area contributed by atoms with Crippen LogP contribution in [0.3, 0.4) is 0 Å². The van der Waals surface area contributed by atoms with Crippen LogP contribution in [0.15, 0.2) is 14.7 Å². The van der Waals surface area contributed by atoms with Crippen molar-refractivity contribution in [3.63, 3.8) is 0 Å². The summed E-state index contributed by atoms with van der Waals surface area (Å²) in [6.45, 7) is 1.66. The van der Waals surface area contributed by atoms with E-state index in [0.717, 1.165) is 12.8 Å². The van der Waals surface area contributed by atoms with E-state index < -0.39 is 22.6 Å². The number of H-pyrrole nitrogens is 1. The molecular weight excluding hydrogens is 296 g/mol. The Morgan fingerprint density at radius 2 is 2.24 bits per heavy atom. The summed E-state index contributed by atoms with van der Waals surface area (Å²) in [7, 11) is 1.58. The molecule has 9 heteroatoms. The van der Waals surface area contributed by atoms with E-state index in [1.165, 1.54) is 16.4 Å². The zero-order valence-corrected chi connectivity index (χ0v) is 12.7. The zero-order valence-electron chi connectivity index (χ0n) is 11.9. The monoisotopic (exact) mass is 314 g/mol. The molecule has 1 saturated carbocycles. The van der Waals surface area contributed by atoms with Gasteiger partial charge in [-0.05, 0) is 26.2 Å². The molecule has 3 N–H and O–H groups in total. The smallest absolute Gasteiger partial charge is 0.339 e. The number of aromatic amines is 1. The van der Waals surface area contributed by atoms with Crippen LogP contribution in [0.1, 0.15) is 26.2 Å².